The van der Waals surface area contributed by atoms with Crippen LogP contribution in [0.3, 0.4) is 0 Å². The first-order valence-electron chi connectivity index (χ1n) is 9.37. The standard InChI is InChI=1S/C23H27FO5/c1-28-14-18(12-20(25)16-29-15-17-6-3-2-4-7-17)8-5-9-22(26)19-10-11-23(27)21(24)13-19/h2-7,10-11,13,20,22,25-27H,9,12,14-16H2,1H3/t8?,20-,22-/m1/s1. The zero-order valence-corrected chi connectivity index (χ0v) is 16.4. The van der Waals surface area contributed by atoms with E-state index in [2.05, 4.69) is 5.73 Å². The van der Waals surface area contributed by atoms with Crippen molar-refractivity contribution in [3.05, 3.63) is 82.9 Å². The van der Waals surface area contributed by atoms with Crippen LogP contribution in [0.2, 0.25) is 0 Å². The molecule has 0 aromatic heterocycles. The first kappa shape index (κ1) is 22.8. The molecule has 2 rings (SSSR count). The zero-order chi connectivity index (χ0) is 21.1. The number of phenolic OH excluding ortho intramolecular Hbond substituents is 1. The number of phenols is 1. The Kier molecular flexibility index (Phi) is 9.57. The highest BCUT2D eigenvalue weighted by atomic mass is 19.1. The van der Waals surface area contributed by atoms with Crippen LogP contribution >= 0.6 is 0 Å². The number of ether oxygens (including phenoxy) is 2. The monoisotopic (exact) mass is 402 g/mol. The van der Waals surface area contributed by atoms with Gasteiger partial charge >= 0.3 is 0 Å². The molecule has 0 radical (unpaired) electrons. The van der Waals surface area contributed by atoms with Crippen LogP contribution in [0.1, 0.15) is 30.1 Å². The first-order chi connectivity index (χ1) is 14.0. The highest BCUT2D eigenvalue weighted by Gasteiger charge is 2.10. The number of rotatable bonds is 11. The topological polar surface area (TPSA) is 79.2 Å². The highest BCUT2D eigenvalue weighted by molar-refractivity contribution is 5.29. The Labute approximate surface area is 170 Å². The molecule has 0 aliphatic heterocycles. The average molecular weight is 402 g/mol. The van der Waals surface area contributed by atoms with Gasteiger partial charge in [0, 0.05) is 20.0 Å². The summed E-state index contributed by atoms with van der Waals surface area (Å²) in [5.41, 5.74) is 5.16. The smallest absolute Gasteiger partial charge is 0.165 e. The van der Waals surface area contributed by atoms with Gasteiger partial charge in [0.2, 0.25) is 0 Å². The molecule has 0 aliphatic rings. The van der Waals surface area contributed by atoms with Crippen LogP contribution in [0, 0.1) is 5.82 Å². The Morgan fingerprint density at radius 2 is 1.93 bits per heavy atom. The summed E-state index contributed by atoms with van der Waals surface area (Å²) in [6, 6.07) is 13.5. The van der Waals surface area contributed by atoms with Crippen molar-refractivity contribution < 1.29 is 29.2 Å². The van der Waals surface area contributed by atoms with Gasteiger partial charge in [-0.2, -0.15) is 0 Å². The van der Waals surface area contributed by atoms with Crippen molar-refractivity contribution in [2.75, 3.05) is 20.3 Å². The van der Waals surface area contributed by atoms with E-state index in [-0.39, 0.29) is 19.6 Å². The van der Waals surface area contributed by atoms with Crippen LogP contribution in [0.5, 0.6) is 5.75 Å². The molecule has 2 aromatic rings. The molecule has 2 atom stereocenters. The van der Waals surface area contributed by atoms with Gasteiger partial charge < -0.3 is 24.8 Å². The number of aliphatic hydroxyl groups excluding tert-OH is 2. The normalized spacial score (nSPS) is 12.8. The maximum Gasteiger partial charge on any atom is 0.165 e. The summed E-state index contributed by atoms with van der Waals surface area (Å²) >= 11 is 0. The minimum Gasteiger partial charge on any atom is -0.505 e. The predicted molar refractivity (Wildman–Crippen MR) is 108 cm³/mol. The number of methoxy groups -OCH3 is 1. The van der Waals surface area contributed by atoms with Crippen molar-refractivity contribution in [3.8, 4) is 5.75 Å². The third-order valence-corrected chi connectivity index (χ3v) is 4.23. The number of hydrogen-bond donors (Lipinski definition) is 3. The Morgan fingerprint density at radius 3 is 2.62 bits per heavy atom. The highest BCUT2D eigenvalue weighted by Crippen LogP contribution is 2.23. The van der Waals surface area contributed by atoms with E-state index in [9.17, 15) is 19.7 Å². The fourth-order valence-electron chi connectivity index (χ4n) is 2.75. The second kappa shape index (κ2) is 12.2. The lowest BCUT2D eigenvalue weighted by Crippen LogP contribution is -2.17. The molecular formula is C23H27FO5. The molecule has 0 unspecified atom stereocenters. The van der Waals surface area contributed by atoms with Gasteiger partial charge in [-0.25, -0.2) is 4.39 Å². The second-order valence-corrected chi connectivity index (χ2v) is 6.71. The lowest BCUT2D eigenvalue weighted by molar-refractivity contribution is 0.0273. The molecule has 0 heterocycles. The molecule has 0 saturated heterocycles. The van der Waals surface area contributed by atoms with E-state index in [0.29, 0.717) is 18.6 Å². The molecule has 0 aliphatic carbocycles. The van der Waals surface area contributed by atoms with Crippen LogP contribution in [0.4, 0.5) is 4.39 Å². The van der Waals surface area contributed by atoms with Crippen LogP contribution < -0.4 is 0 Å². The lowest BCUT2D eigenvalue weighted by atomic mass is 10.1. The fourth-order valence-corrected chi connectivity index (χ4v) is 2.75. The van der Waals surface area contributed by atoms with E-state index < -0.39 is 23.8 Å². The van der Waals surface area contributed by atoms with Gasteiger partial charge in [-0.15, -0.1) is 5.73 Å². The third-order valence-electron chi connectivity index (χ3n) is 4.23. The zero-order valence-electron chi connectivity index (χ0n) is 16.4. The Hall–Kier alpha value is -2.47. The first-order valence-corrected chi connectivity index (χ1v) is 9.37. The molecule has 156 valence electrons. The van der Waals surface area contributed by atoms with Crippen LogP contribution in [0.25, 0.3) is 0 Å². The lowest BCUT2D eigenvalue weighted by Gasteiger charge is -2.12. The second-order valence-electron chi connectivity index (χ2n) is 6.71. The molecule has 0 saturated carbocycles. The SMILES string of the molecule is COCC(=C=CC[C@@H](O)c1ccc(O)c(F)c1)C[C@@H](O)COCc1ccccc1. The summed E-state index contributed by atoms with van der Waals surface area (Å²) in [6.07, 6.45) is 0.518. The van der Waals surface area contributed by atoms with Gasteiger partial charge in [-0.1, -0.05) is 36.4 Å². The Morgan fingerprint density at radius 1 is 1.17 bits per heavy atom. The van der Waals surface area contributed by atoms with Gasteiger partial charge in [-0.05, 0) is 34.9 Å². The van der Waals surface area contributed by atoms with Crippen LogP contribution in [-0.2, 0) is 16.1 Å². The summed E-state index contributed by atoms with van der Waals surface area (Å²) in [7, 11) is 1.55. The Balaban J connectivity index is 1.87. The predicted octanol–water partition coefficient (Wildman–Crippen LogP) is 3.65. The van der Waals surface area contributed by atoms with E-state index in [0.717, 1.165) is 17.2 Å². The molecule has 0 bridgehead atoms. The molecule has 5 nitrogen and oxygen atoms in total. The molecule has 2 aromatic carbocycles. The van der Waals surface area contributed by atoms with Gasteiger partial charge in [0.25, 0.3) is 0 Å². The minimum atomic E-state index is -0.930. The summed E-state index contributed by atoms with van der Waals surface area (Å²) < 4.78 is 24.1. The maximum atomic E-state index is 13.4. The summed E-state index contributed by atoms with van der Waals surface area (Å²) in [5, 5.41) is 29.6. The van der Waals surface area contributed by atoms with Crippen molar-refractivity contribution in [1.29, 1.82) is 0 Å². The van der Waals surface area contributed by atoms with Gasteiger partial charge in [-0.3, -0.25) is 0 Å². The summed E-state index contributed by atoms with van der Waals surface area (Å²) in [5.74, 6) is -1.23. The number of aliphatic hydroxyl groups is 2. The van der Waals surface area contributed by atoms with E-state index in [4.69, 9.17) is 9.47 Å². The van der Waals surface area contributed by atoms with Crippen molar-refractivity contribution in [2.45, 2.75) is 31.7 Å². The number of benzene rings is 2. The molecule has 0 amide bonds. The van der Waals surface area contributed by atoms with Crippen molar-refractivity contribution in [2.24, 2.45) is 0 Å². The fraction of sp³-hybridized carbons (Fsp3) is 0.348. The van der Waals surface area contributed by atoms with E-state index in [1.54, 1.807) is 13.2 Å². The van der Waals surface area contributed by atoms with Crippen molar-refractivity contribution in [3.63, 3.8) is 0 Å². The number of halogens is 1. The quantitative estimate of drug-likeness (QED) is 0.500. The minimum absolute atomic E-state index is 0.180. The molecule has 6 heteroatoms. The van der Waals surface area contributed by atoms with E-state index in [1.165, 1.54) is 12.1 Å². The molecular weight excluding hydrogens is 375 g/mol. The van der Waals surface area contributed by atoms with Gasteiger partial charge in [0.1, 0.15) is 0 Å². The van der Waals surface area contributed by atoms with Crippen LogP contribution in [0.15, 0.2) is 65.9 Å². The molecule has 0 spiro atoms. The van der Waals surface area contributed by atoms with Crippen LogP contribution in [-0.4, -0.2) is 41.7 Å². The molecule has 0 fully saturated rings. The molecule has 3 N–H and O–H groups in total. The maximum absolute atomic E-state index is 13.4. The Bertz CT molecular complexity index is 815. The number of hydrogen-bond acceptors (Lipinski definition) is 5. The van der Waals surface area contributed by atoms with Gasteiger partial charge in [0.15, 0.2) is 11.6 Å². The molecule has 29 heavy (non-hydrogen) atoms. The van der Waals surface area contributed by atoms with E-state index in [1.807, 2.05) is 30.3 Å². The summed E-state index contributed by atoms with van der Waals surface area (Å²) in [6.45, 7) is 0.891. The van der Waals surface area contributed by atoms with Gasteiger partial charge in [0.05, 0.1) is 32.0 Å². The average Bonchev–Trinajstić information content (AvgIpc) is 2.71. The third kappa shape index (κ3) is 8.20. The van der Waals surface area contributed by atoms with Crippen molar-refractivity contribution >= 4 is 0 Å². The number of aromatic hydroxyl groups is 1. The largest absolute Gasteiger partial charge is 0.505 e. The van der Waals surface area contributed by atoms with E-state index >= 15 is 0 Å². The van der Waals surface area contributed by atoms with Crippen molar-refractivity contribution in [1.82, 2.24) is 0 Å². The summed E-state index contributed by atoms with van der Waals surface area (Å²) in [4.78, 5) is 0.